The van der Waals surface area contributed by atoms with Crippen molar-refractivity contribution in [1.29, 1.82) is 0 Å². The van der Waals surface area contributed by atoms with E-state index in [2.05, 4.69) is 0 Å². The molecule has 0 saturated carbocycles. The smallest absolute Gasteiger partial charge is 0.341 e. The number of carbonyl (C=O) groups is 1. The average Bonchev–Trinajstić information content (AvgIpc) is 2.90. The second-order valence-electron chi connectivity index (χ2n) is 11.8. The molecule has 0 spiro atoms. The predicted octanol–water partition coefficient (Wildman–Crippen LogP) is 6.17. The SMILES string of the molecule is CN(C(=O)C(C)(C)c1cc(C(F)(F)F)cc(C(F)(F)F)c1)[C@H]1CCN(C2CCS(=O)(=O)CC2)C[C@@H]1c1ccc(F)cc1F. The van der Waals surface area contributed by atoms with Crippen molar-refractivity contribution in [1.82, 2.24) is 9.80 Å². The van der Waals surface area contributed by atoms with Gasteiger partial charge in [-0.25, -0.2) is 17.2 Å². The van der Waals surface area contributed by atoms with E-state index in [0.717, 1.165) is 6.07 Å². The number of likely N-dealkylation sites (N-methyl/N-ethyl adjacent to an activating group) is 1. The minimum Gasteiger partial charge on any atom is -0.341 e. The largest absolute Gasteiger partial charge is 0.416 e. The first-order chi connectivity index (χ1) is 19.7. The van der Waals surface area contributed by atoms with Crippen molar-refractivity contribution in [2.24, 2.45) is 0 Å². The number of piperidine rings is 1. The van der Waals surface area contributed by atoms with Gasteiger partial charge in [-0.05, 0) is 68.5 Å². The topological polar surface area (TPSA) is 57.7 Å². The number of benzene rings is 2. The van der Waals surface area contributed by atoms with Gasteiger partial charge < -0.3 is 4.90 Å². The predicted molar refractivity (Wildman–Crippen MR) is 143 cm³/mol. The van der Waals surface area contributed by atoms with E-state index in [1.807, 2.05) is 4.90 Å². The van der Waals surface area contributed by atoms with E-state index in [4.69, 9.17) is 0 Å². The first-order valence-corrected chi connectivity index (χ1v) is 15.5. The Bertz CT molecular complexity index is 1430. The van der Waals surface area contributed by atoms with Crippen LogP contribution < -0.4 is 0 Å². The van der Waals surface area contributed by atoms with Gasteiger partial charge in [0.2, 0.25) is 5.91 Å². The van der Waals surface area contributed by atoms with Crippen LogP contribution in [-0.2, 0) is 32.4 Å². The highest BCUT2D eigenvalue weighted by Gasteiger charge is 2.44. The Hall–Kier alpha value is -2.74. The molecule has 14 heteroatoms. The van der Waals surface area contributed by atoms with Gasteiger partial charge in [-0.1, -0.05) is 6.07 Å². The Morgan fingerprint density at radius 2 is 1.40 bits per heavy atom. The molecule has 0 N–H and O–H groups in total. The van der Waals surface area contributed by atoms with Crippen molar-refractivity contribution >= 4 is 15.7 Å². The summed E-state index contributed by atoms with van der Waals surface area (Å²) in [4.78, 5) is 17.1. The van der Waals surface area contributed by atoms with Crippen molar-refractivity contribution in [3.05, 3.63) is 70.3 Å². The summed E-state index contributed by atoms with van der Waals surface area (Å²) in [6.07, 6.45) is -9.22. The Balaban J connectivity index is 1.68. The van der Waals surface area contributed by atoms with Crippen LogP contribution in [0.4, 0.5) is 35.1 Å². The quantitative estimate of drug-likeness (QED) is 0.367. The second-order valence-corrected chi connectivity index (χ2v) is 14.1. The van der Waals surface area contributed by atoms with Crippen LogP contribution in [0.15, 0.2) is 36.4 Å². The van der Waals surface area contributed by atoms with Crippen LogP contribution >= 0.6 is 0 Å². The molecule has 2 aliphatic heterocycles. The summed E-state index contributed by atoms with van der Waals surface area (Å²) in [5, 5.41) is 0. The van der Waals surface area contributed by atoms with Crippen molar-refractivity contribution in [3.63, 3.8) is 0 Å². The Morgan fingerprint density at radius 1 is 0.860 bits per heavy atom. The highest BCUT2D eigenvalue weighted by molar-refractivity contribution is 7.91. The first kappa shape index (κ1) is 33.2. The zero-order valence-electron chi connectivity index (χ0n) is 23.7. The van der Waals surface area contributed by atoms with E-state index >= 15 is 4.39 Å². The molecule has 0 aliphatic carbocycles. The van der Waals surface area contributed by atoms with Crippen molar-refractivity contribution in [2.45, 2.75) is 68.9 Å². The van der Waals surface area contributed by atoms with E-state index in [1.54, 1.807) is 0 Å². The Kier molecular flexibility index (Phi) is 8.98. The van der Waals surface area contributed by atoms with Crippen LogP contribution in [0.5, 0.6) is 0 Å². The number of halogens is 8. The molecule has 5 nitrogen and oxygen atoms in total. The van der Waals surface area contributed by atoms with E-state index in [-0.39, 0.29) is 42.1 Å². The van der Waals surface area contributed by atoms with Crippen molar-refractivity contribution < 1.29 is 48.3 Å². The third-order valence-corrected chi connectivity index (χ3v) is 10.4. The van der Waals surface area contributed by atoms with Crippen LogP contribution in [0, 0.1) is 11.6 Å². The van der Waals surface area contributed by atoms with Crippen LogP contribution in [0.1, 0.15) is 61.3 Å². The van der Waals surface area contributed by atoms with E-state index in [1.165, 1.54) is 31.9 Å². The molecule has 0 unspecified atom stereocenters. The zero-order valence-corrected chi connectivity index (χ0v) is 24.5. The molecule has 2 atom stereocenters. The number of alkyl halides is 6. The third-order valence-electron chi connectivity index (χ3n) is 8.67. The fourth-order valence-corrected chi connectivity index (χ4v) is 7.61. The number of nitrogens with zero attached hydrogens (tertiary/aromatic N) is 2. The molecule has 4 rings (SSSR count). The lowest BCUT2D eigenvalue weighted by Crippen LogP contribution is -2.56. The molecular weight excluding hydrogens is 608 g/mol. The number of hydrogen-bond donors (Lipinski definition) is 0. The van der Waals surface area contributed by atoms with Gasteiger partial charge in [-0.3, -0.25) is 9.69 Å². The Labute approximate surface area is 244 Å². The fourth-order valence-electron chi connectivity index (χ4n) is 6.14. The monoisotopic (exact) mass is 640 g/mol. The fraction of sp³-hybridized carbons (Fsp3) is 0.552. The highest BCUT2D eigenvalue weighted by Crippen LogP contribution is 2.41. The van der Waals surface area contributed by atoms with Crippen molar-refractivity contribution in [3.8, 4) is 0 Å². The third kappa shape index (κ3) is 7.16. The maximum atomic E-state index is 15.1. The molecule has 2 aromatic rings. The molecule has 1 amide bonds. The van der Waals surface area contributed by atoms with Crippen LogP contribution in [0.25, 0.3) is 0 Å². The number of hydrogen-bond acceptors (Lipinski definition) is 4. The molecule has 2 heterocycles. The van der Waals surface area contributed by atoms with Gasteiger partial charge in [0.25, 0.3) is 0 Å². The summed E-state index contributed by atoms with van der Waals surface area (Å²) in [6, 6.07) is 3.19. The molecular formula is C29H32F8N2O3S. The zero-order chi connectivity index (χ0) is 32.1. The summed E-state index contributed by atoms with van der Waals surface area (Å²) in [5.41, 5.74) is -5.34. The number of sulfone groups is 1. The summed E-state index contributed by atoms with van der Waals surface area (Å²) < 4.78 is 134. The minimum atomic E-state index is -5.10. The van der Waals surface area contributed by atoms with E-state index in [0.29, 0.717) is 37.6 Å². The standard InChI is InChI=1S/C29H32F8N2O3S/c1-27(2,17-12-18(28(32,33)34)14-19(13-17)29(35,36)37)26(40)38(3)25-6-9-39(21-7-10-43(41,42)11-8-21)16-23(25)22-5-4-20(30)15-24(22)31/h4-5,12-15,21,23,25H,6-11,16H2,1-3H3/t23-,25+/m1/s1. The molecule has 0 radical (unpaired) electrons. The van der Waals surface area contributed by atoms with Crippen LogP contribution in [0.3, 0.4) is 0 Å². The lowest BCUT2D eigenvalue weighted by atomic mass is 9.79. The number of amides is 1. The van der Waals surface area contributed by atoms with Gasteiger partial charge in [0.1, 0.15) is 21.5 Å². The van der Waals surface area contributed by atoms with E-state index < -0.39 is 73.8 Å². The van der Waals surface area contributed by atoms with Gasteiger partial charge >= 0.3 is 12.4 Å². The molecule has 2 aliphatic rings. The summed E-state index contributed by atoms with van der Waals surface area (Å²) in [7, 11) is -1.79. The molecule has 0 bridgehead atoms. The average molecular weight is 641 g/mol. The van der Waals surface area contributed by atoms with Gasteiger partial charge in [-0.15, -0.1) is 0 Å². The normalized spacial score (nSPS) is 22.4. The molecule has 2 aromatic carbocycles. The molecule has 238 valence electrons. The summed E-state index contributed by atoms with van der Waals surface area (Å²) in [6.45, 7) is 3.02. The minimum absolute atomic E-state index is 0.00332. The van der Waals surface area contributed by atoms with Crippen LogP contribution in [0.2, 0.25) is 0 Å². The van der Waals surface area contributed by atoms with Gasteiger partial charge in [0.05, 0.1) is 28.0 Å². The molecule has 43 heavy (non-hydrogen) atoms. The van der Waals surface area contributed by atoms with Crippen molar-refractivity contribution in [2.75, 3.05) is 31.6 Å². The maximum absolute atomic E-state index is 15.1. The highest BCUT2D eigenvalue weighted by atomic mass is 32.2. The first-order valence-electron chi connectivity index (χ1n) is 13.7. The maximum Gasteiger partial charge on any atom is 0.416 e. The molecule has 0 aromatic heterocycles. The lowest BCUT2D eigenvalue weighted by Gasteiger charge is -2.47. The van der Waals surface area contributed by atoms with Crippen LogP contribution in [-0.4, -0.2) is 67.9 Å². The van der Waals surface area contributed by atoms with Gasteiger partial charge in [0, 0.05) is 44.2 Å². The summed E-state index contributed by atoms with van der Waals surface area (Å²) >= 11 is 0. The van der Waals surface area contributed by atoms with Gasteiger partial charge in [-0.2, -0.15) is 26.3 Å². The number of carbonyl (C=O) groups excluding carboxylic acids is 1. The Morgan fingerprint density at radius 3 is 1.91 bits per heavy atom. The number of likely N-dealkylation sites (tertiary alicyclic amines) is 1. The second kappa shape index (κ2) is 11.6. The molecule has 2 saturated heterocycles. The van der Waals surface area contributed by atoms with E-state index in [9.17, 15) is 43.9 Å². The summed E-state index contributed by atoms with van der Waals surface area (Å²) in [5.74, 6) is -3.22. The lowest BCUT2D eigenvalue weighted by molar-refractivity contribution is -0.144. The van der Waals surface area contributed by atoms with Gasteiger partial charge in [0.15, 0.2) is 0 Å². The number of rotatable bonds is 5. The molecule has 2 fully saturated rings.